The van der Waals surface area contributed by atoms with Gasteiger partial charge in [0.15, 0.2) is 0 Å². The number of hydrogen-bond acceptors (Lipinski definition) is 5. The quantitative estimate of drug-likeness (QED) is 0.746. The molecule has 1 amide bonds. The van der Waals surface area contributed by atoms with Gasteiger partial charge in [-0.1, -0.05) is 6.92 Å². The van der Waals surface area contributed by atoms with E-state index >= 15 is 0 Å². The molecule has 106 valence electrons. The molecule has 1 aliphatic heterocycles. The summed E-state index contributed by atoms with van der Waals surface area (Å²) in [6.45, 7) is 6.70. The van der Waals surface area contributed by atoms with Crippen molar-refractivity contribution in [3.05, 3.63) is 11.4 Å². The Bertz CT molecular complexity index is 451. The monoisotopic (exact) mass is 267 g/mol. The molecule has 1 fully saturated rings. The molecule has 0 aromatic carbocycles. The summed E-state index contributed by atoms with van der Waals surface area (Å²) in [5.41, 5.74) is 12.8. The standard InChI is InChI=1S/C12H21N5O2/c1-2-9-10(13)11(12(14)18)17(15-9)4-3-16-5-7-19-8-6-16/h2-8,13H2,1H3,(H2,14,18). The number of carbonyl (C=O) groups is 1. The maximum Gasteiger partial charge on any atom is 0.269 e. The van der Waals surface area contributed by atoms with Crippen molar-refractivity contribution in [3.63, 3.8) is 0 Å². The zero-order valence-electron chi connectivity index (χ0n) is 11.3. The van der Waals surface area contributed by atoms with E-state index in [1.54, 1.807) is 4.68 Å². The van der Waals surface area contributed by atoms with E-state index in [0.717, 1.165) is 38.5 Å². The molecule has 2 heterocycles. The van der Waals surface area contributed by atoms with Gasteiger partial charge in [-0.3, -0.25) is 14.4 Å². The third-order valence-corrected chi connectivity index (χ3v) is 3.37. The number of morpholine rings is 1. The van der Waals surface area contributed by atoms with Gasteiger partial charge in [-0.05, 0) is 6.42 Å². The Hall–Kier alpha value is -1.60. The lowest BCUT2D eigenvalue weighted by Gasteiger charge is -2.26. The van der Waals surface area contributed by atoms with Crippen LogP contribution in [0.15, 0.2) is 0 Å². The number of rotatable bonds is 5. The highest BCUT2D eigenvalue weighted by atomic mass is 16.5. The molecule has 0 unspecified atom stereocenters. The summed E-state index contributed by atoms with van der Waals surface area (Å²) in [5.74, 6) is -0.522. The first-order chi connectivity index (χ1) is 9.13. The lowest BCUT2D eigenvalue weighted by molar-refractivity contribution is 0.0358. The van der Waals surface area contributed by atoms with Gasteiger partial charge in [0.05, 0.1) is 31.1 Å². The second-order valence-electron chi connectivity index (χ2n) is 4.60. The molecule has 1 aromatic rings. The maximum atomic E-state index is 11.5. The van der Waals surface area contributed by atoms with Gasteiger partial charge in [-0.25, -0.2) is 0 Å². The van der Waals surface area contributed by atoms with Crippen LogP contribution < -0.4 is 11.5 Å². The van der Waals surface area contributed by atoms with Gasteiger partial charge in [0.2, 0.25) is 0 Å². The lowest BCUT2D eigenvalue weighted by atomic mass is 10.2. The van der Waals surface area contributed by atoms with Crippen molar-refractivity contribution in [3.8, 4) is 0 Å². The van der Waals surface area contributed by atoms with E-state index in [9.17, 15) is 4.79 Å². The van der Waals surface area contributed by atoms with Gasteiger partial charge in [0.25, 0.3) is 5.91 Å². The highest BCUT2D eigenvalue weighted by molar-refractivity contribution is 5.96. The largest absolute Gasteiger partial charge is 0.395 e. The van der Waals surface area contributed by atoms with Crippen molar-refractivity contribution in [2.45, 2.75) is 19.9 Å². The summed E-state index contributed by atoms with van der Waals surface area (Å²) in [4.78, 5) is 13.7. The Morgan fingerprint density at radius 2 is 2.05 bits per heavy atom. The average Bonchev–Trinajstić information content (AvgIpc) is 2.74. The van der Waals surface area contributed by atoms with E-state index in [4.69, 9.17) is 16.2 Å². The first-order valence-corrected chi connectivity index (χ1v) is 6.58. The van der Waals surface area contributed by atoms with Crippen LogP contribution in [0, 0.1) is 0 Å². The Kier molecular flexibility index (Phi) is 4.39. The molecule has 0 bridgehead atoms. The first-order valence-electron chi connectivity index (χ1n) is 6.58. The van der Waals surface area contributed by atoms with E-state index in [1.807, 2.05) is 6.92 Å². The lowest BCUT2D eigenvalue weighted by Crippen LogP contribution is -2.38. The average molecular weight is 267 g/mol. The van der Waals surface area contributed by atoms with E-state index in [0.29, 0.717) is 24.3 Å². The molecule has 7 nitrogen and oxygen atoms in total. The zero-order valence-corrected chi connectivity index (χ0v) is 11.3. The number of amides is 1. The van der Waals surface area contributed by atoms with Crippen LogP contribution in [-0.2, 0) is 17.7 Å². The predicted octanol–water partition coefficient (Wildman–Crippen LogP) is -0.541. The van der Waals surface area contributed by atoms with Crippen LogP contribution in [-0.4, -0.2) is 53.4 Å². The number of carbonyl (C=O) groups excluding carboxylic acids is 1. The minimum atomic E-state index is -0.522. The third kappa shape index (κ3) is 3.05. The number of anilines is 1. The van der Waals surface area contributed by atoms with Gasteiger partial charge in [0, 0.05) is 19.6 Å². The fourth-order valence-electron chi connectivity index (χ4n) is 2.27. The molecular weight excluding hydrogens is 246 g/mol. The number of ether oxygens (including phenoxy) is 1. The Labute approximate surface area is 112 Å². The molecule has 1 aromatic heterocycles. The number of primary amides is 1. The molecule has 0 atom stereocenters. The Morgan fingerprint density at radius 3 is 2.63 bits per heavy atom. The van der Waals surface area contributed by atoms with E-state index in [-0.39, 0.29) is 0 Å². The van der Waals surface area contributed by atoms with Crippen molar-refractivity contribution >= 4 is 11.6 Å². The number of nitrogens with zero attached hydrogens (tertiary/aromatic N) is 3. The minimum absolute atomic E-state index is 0.324. The number of nitrogens with two attached hydrogens (primary N) is 2. The molecule has 1 saturated heterocycles. The van der Waals surface area contributed by atoms with Gasteiger partial charge in [0.1, 0.15) is 5.69 Å². The molecule has 1 aliphatic rings. The summed E-state index contributed by atoms with van der Waals surface area (Å²) in [6, 6.07) is 0. The Balaban J connectivity index is 2.08. The van der Waals surface area contributed by atoms with Crippen molar-refractivity contribution in [2.24, 2.45) is 5.73 Å². The SMILES string of the molecule is CCc1nn(CCN2CCOCC2)c(C(N)=O)c1N. The topological polar surface area (TPSA) is 99.4 Å². The molecule has 7 heteroatoms. The number of aromatic nitrogens is 2. The van der Waals surface area contributed by atoms with Gasteiger partial charge >= 0.3 is 0 Å². The first kappa shape index (κ1) is 13.8. The Morgan fingerprint density at radius 1 is 1.37 bits per heavy atom. The van der Waals surface area contributed by atoms with Gasteiger partial charge in [-0.15, -0.1) is 0 Å². The highest BCUT2D eigenvalue weighted by Crippen LogP contribution is 2.17. The number of hydrogen-bond donors (Lipinski definition) is 2. The third-order valence-electron chi connectivity index (χ3n) is 3.37. The summed E-state index contributed by atoms with van der Waals surface area (Å²) >= 11 is 0. The zero-order chi connectivity index (χ0) is 13.8. The van der Waals surface area contributed by atoms with E-state index in [1.165, 1.54) is 0 Å². The predicted molar refractivity (Wildman–Crippen MR) is 71.8 cm³/mol. The van der Waals surface area contributed by atoms with Crippen LogP contribution >= 0.6 is 0 Å². The molecule has 2 rings (SSSR count). The molecular formula is C12H21N5O2. The van der Waals surface area contributed by atoms with Crippen molar-refractivity contribution in [2.75, 3.05) is 38.6 Å². The molecule has 0 radical (unpaired) electrons. The van der Waals surface area contributed by atoms with Crippen molar-refractivity contribution in [1.82, 2.24) is 14.7 Å². The molecule has 0 spiro atoms. The summed E-state index contributed by atoms with van der Waals surface area (Å²) in [6.07, 6.45) is 0.691. The summed E-state index contributed by atoms with van der Waals surface area (Å²) in [5, 5.41) is 4.37. The van der Waals surface area contributed by atoms with Gasteiger partial charge in [-0.2, -0.15) is 5.10 Å². The molecule has 0 saturated carbocycles. The molecule has 0 aliphatic carbocycles. The fraction of sp³-hybridized carbons (Fsp3) is 0.667. The van der Waals surface area contributed by atoms with Crippen LogP contribution in [0.3, 0.4) is 0 Å². The minimum Gasteiger partial charge on any atom is -0.395 e. The maximum absolute atomic E-state index is 11.5. The highest BCUT2D eigenvalue weighted by Gasteiger charge is 2.19. The fourth-order valence-corrected chi connectivity index (χ4v) is 2.27. The summed E-state index contributed by atoms with van der Waals surface area (Å²) < 4.78 is 6.93. The van der Waals surface area contributed by atoms with E-state index < -0.39 is 5.91 Å². The number of aryl methyl sites for hydroxylation is 1. The van der Waals surface area contributed by atoms with E-state index in [2.05, 4.69) is 10.00 Å². The van der Waals surface area contributed by atoms with Crippen LogP contribution in [0.25, 0.3) is 0 Å². The smallest absolute Gasteiger partial charge is 0.269 e. The van der Waals surface area contributed by atoms with Crippen LogP contribution in [0.1, 0.15) is 23.1 Å². The van der Waals surface area contributed by atoms with Crippen molar-refractivity contribution < 1.29 is 9.53 Å². The van der Waals surface area contributed by atoms with Gasteiger partial charge < -0.3 is 16.2 Å². The second-order valence-corrected chi connectivity index (χ2v) is 4.60. The molecule has 19 heavy (non-hydrogen) atoms. The summed E-state index contributed by atoms with van der Waals surface area (Å²) in [7, 11) is 0. The van der Waals surface area contributed by atoms with Crippen molar-refractivity contribution in [1.29, 1.82) is 0 Å². The second kappa shape index (κ2) is 6.03. The normalized spacial score (nSPS) is 16.7. The van der Waals surface area contributed by atoms with Crippen LogP contribution in [0.2, 0.25) is 0 Å². The molecule has 4 N–H and O–H groups in total. The van der Waals surface area contributed by atoms with Crippen LogP contribution in [0.4, 0.5) is 5.69 Å². The number of nitrogen functional groups attached to an aromatic ring is 1. The van der Waals surface area contributed by atoms with Crippen LogP contribution in [0.5, 0.6) is 0 Å².